The van der Waals surface area contributed by atoms with Crippen LogP contribution >= 0.6 is 0 Å². The lowest BCUT2D eigenvalue weighted by atomic mass is 10.1. The van der Waals surface area contributed by atoms with Gasteiger partial charge in [0.1, 0.15) is 0 Å². The van der Waals surface area contributed by atoms with Gasteiger partial charge in [0.15, 0.2) is 6.61 Å². The smallest absolute Gasteiger partial charge is 0.306 e. The molecule has 0 fully saturated rings. The maximum atomic E-state index is 11.6. The molecule has 1 unspecified atom stereocenters. The van der Waals surface area contributed by atoms with E-state index in [1.54, 1.807) is 12.1 Å². The Labute approximate surface area is 125 Å². The van der Waals surface area contributed by atoms with Crippen LogP contribution in [0.2, 0.25) is 0 Å². The van der Waals surface area contributed by atoms with Gasteiger partial charge in [0.25, 0.3) is 5.91 Å². The minimum Gasteiger partial charge on any atom is -0.456 e. The van der Waals surface area contributed by atoms with E-state index in [-0.39, 0.29) is 30.9 Å². The van der Waals surface area contributed by atoms with Crippen LogP contribution in [0.3, 0.4) is 0 Å². The number of ether oxygens (including phenoxy) is 1. The molecule has 0 aliphatic heterocycles. The zero-order chi connectivity index (χ0) is 15.8. The largest absolute Gasteiger partial charge is 0.456 e. The second-order valence-corrected chi connectivity index (χ2v) is 5.50. The van der Waals surface area contributed by atoms with Crippen LogP contribution in [0.15, 0.2) is 24.3 Å². The molecule has 0 aromatic heterocycles. The Balaban J connectivity index is 2.25. The van der Waals surface area contributed by atoms with Gasteiger partial charge in [-0.05, 0) is 37.0 Å². The van der Waals surface area contributed by atoms with Crippen molar-refractivity contribution in [2.75, 3.05) is 12.3 Å². The first-order chi connectivity index (χ1) is 9.88. The van der Waals surface area contributed by atoms with Crippen molar-refractivity contribution in [1.82, 2.24) is 5.32 Å². The summed E-state index contributed by atoms with van der Waals surface area (Å²) in [5, 5.41) is 2.78. The van der Waals surface area contributed by atoms with Gasteiger partial charge in [-0.15, -0.1) is 0 Å². The molecule has 1 rings (SSSR count). The first kappa shape index (κ1) is 17.0. The van der Waals surface area contributed by atoms with Gasteiger partial charge in [0, 0.05) is 18.2 Å². The van der Waals surface area contributed by atoms with E-state index in [4.69, 9.17) is 10.5 Å². The Bertz CT molecular complexity index is 469. The Hall–Kier alpha value is -2.04. The number of esters is 1. The van der Waals surface area contributed by atoms with Crippen LogP contribution in [0.25, 0.3) is 0 Å². The summed E-state index contributed by atoms with van der Waals surface area (Å²) in [6.07, 6.45) is 0.820. The lowest BCUT2D eigenvalue weighted by molar-refractivity contribution is -0.148. The van der Waals surface area contributed by atoms with E-state index >= 15 is 0 Å². The van der Waals surface area contributed by atoms with Crippen LogP contribution in [0.5, 0.6) is 0 Å². The molecule has 0 aliphatic carbocycles. The number of carbonyl (C=O) groups excluding carboxylic acids is 2. The number of benzene rings is 1. The lowest BCUT2D eigenvalue weighted by Gasteiger charge is -2.17. The molecule has 21 heavy (non-hydrogen) atoms. The molecule has 0 saturated carbocycles. The summed E-state index contributed by atoms with van der Waals surface area (Å²) < 4.78 is 4.95. The summed E-state index contributed by atoms with van der Waals surface area (Å²) in [4.78, 5) is 23.2. The van der Waals surface area contributed by atoms with Crippen LogP contribution in [0.1, 0.15) is 32.8 Å². The third kappa shape index (κ3) is 6.79. The normalized spacial score (nSPS) is 12.0. The van der Waals surface area contributed by atoms with Crippen LogP contribution in [-0.4, -0.2) is 24.5 Å². The van der Waals surface area contributed by atoms with Crippen LogP contribution in [0.4, 0.5) is 5.69 Å². The number of aryl methyl sites for hydroxylation is 1. The number of hydrogen-bond acceptors (Lipinski definition) is 4. The standard InChI is InChI=1S/C16H24N2O3/c1-11(2)12(3)18-15(19)10-21-16(20)9-6-13-4-7-14(17)8-5-13/h4-5,7-8,11-12H,6,9-10,17H2,1-3H3,(H,18,19). The summed E-state index contributed by atoms with van der Waals surface area (Å²) in [5.41, 5.74) is 7.29. The molecule has 0 heterocycles. The van der Waals surface area contributed by atoms with Gasteiger partial charge in [0.2, 0.25) is 0 Å². The Kier molecular flexibility index (Phi) is 6.72. The third-order valence-electron chi connectivity index (χ3n) is 3.35. The Morgan fingerprint density at radius 3 is 2.38 bits per heavy atom. The van der Waals surface area contributed by atoms with Gasteiger partial charge in [-0.2, -0.15) is 0 Å². The molecule has 5 heteroatoms. The molecule has 1 amide bonds. The van der Waals surface area contributed by atoms with Crippen molar-refractivity contribution < 1.29 is 14.3 Å². The Morgan fingerprint density at radius 1 is 1.19 bits per heavy atom. The highest BCUT2D eigenvalue weighted by Crippen LogP contribution is 2.08. The fraction of sp³-hybridized carbons (Fsp3) is 0.500. The van der Waals surface area contributed by atoms with Crippen molar-refractivity contribution >= 4 is 17.6 Å². The maximum absolute atomic E-state index is 11.6. The van der Waals surface area contributed by atoms with E-state index in [9.17, 15) is 9.59 Å². The minimum atomic E-state index is -0.376. The molecular weight excluding hydrogens is 268 g/mol. The van der Waals surface area contributed by atoms with E-state index in [1.807, 2.05) is 32.9 Å². The molecule has 0 saturated heterocycles. The average molecular weight is 292 g/mol. The fourth-order valence-electron chi connectivity index (χ4n) is 1.61. The average Bonchev–Trinajstić information content (AvgIpc) is 2.44. The van der Waals surface area contributed by atoms with Crippen molar-refractivity contribution in [1.29, 1.82) is 0 Å². The van der Waals surface area contributed by atoms with Gasteiger partial charge in [-0.1, -0.05) is 26.0 Å². The number of nitrogens with two attached hydrogens (primary N) is 1. The number of nitrogen functional groups attached to an aromatic ring is 1. The van der Waals surface area contributed by atoms with E-state index < -0.39 is 0 Å². The van der Waals surface area contributed by atoms with Crippen molar-refractivity contribution in [3.63, 3.8) is 0 Å². The van der Waals surface area contributed by atoms with Crippen LogP contribution < -0.4 is 11.1 Å². The number of anilines is 1. The molecule has 3 N–H and O–H groups in total. The fourth-order valence-corrected chi connectivity index (χ4v) is 1.61. The van der Waals surface area contributed by atoms with Crippen molar-refractivity contribution in [2.45, 2.75) is 39.7 Å². The lowest BCUT2D eigenvalue weighted by Crippen LogP contribution is -2.38. The zero-order valence-corrected chi connectivity index (χ0v) is 12.9. The summed E-state index contributed by atoms with van der Waals surface area (Å²) in [6.45, 7) is 5.73. The van der Waals surface area contributed by atoms with E-state index in [0.29, 0.717) is 18.0 Å². The van der Waals surface area contributed by atoms with Crippen LogP contribution in [0, 0.1) is 5.92 Å². The molecule has 1 atom stereocenters. The van der Waals surface area contributed by atoms with Crippen molar-refractivity contribution in [3.05, 3.63) is 29.8 Å². The molecular formula is C16H24N2O3. The third-order valence-corrected chi connectivity index (χ3v) is 3.35. The van der Waals surface area contributed by atoms with Crippen LogP contribution in [-0.2, 0) is 20.7 Å². The van der Waals surface area contributed by atoms with E-state index in [1.165, 1.54) is 0 Å². The number of carbonyl (C=O) groups is 2. The first-order valence-corrected chi connectivity index (χ1v) is 7.18. The zero-order valence-electron chi connectivity index (χ0n) is 12.9. The summed E-state index contributed by atoms with van der Waals surface area (Å²) >= 11 is 0. The predicted molar refractivity (Wildman–Crippen MR) is 82.6 cm³/mol. The molecule has 1 aromatic rings. The molecule has 5 nitrogen and oxygen atoms in total. The molecule has 116 valence electrons. The number of hydrogen-bond donors (Lipinski definition) is 2. The van der Waals surface area contributed by atoms with Gasteiger partial charge < -0.3 is 15.8 Å². The summed E-state index contributed by atoms with van der Waals surface area (Å²) in [7, 11) is 0. The summed E-state index contributed by atoms with van der Waals surface area (Å²) in [6, 6.07) is 7.40. The van der Waals surface area contributed by atoms with Gasteiger partial charge in [-0.25, -0.2) is 0 Å². The highest BCUT2D eigenvalue weighted by molar-refractivity contribution is 5.80. The minimum absolute atomic E-state index is 0.0611. The highest BCUT2D eigenvalue weighted by Gasteiger charge is 2.12. The van der Waals surface area contributed by atoms with Crippen molar-refractivity contribution in [3.8, 4) is 0 Å². The number of nitrogens with one attached hydrogen (secondary N) is 1. The molecule has 0 spiro atoms. The monoisotopic (exact) mass is 292 g/mol. The Morgan fingerprint density at radius 2 is 1.81 bits per heavy atom. The molecule has 0 bridgehead atoms. The number of rotatable bonds is 7. The SMILES string of the molecule is CC(C)C(C)NC(=O)COC(=O)CCc1ccc(N)cc1. The summed E-state index contributed by atoms with van der Waals surface area (Å²) in [5.74, 6) is -0.300. The van der Waals surface area contributed by atoms with Crippen molar-refractivity contribution in [2.24, 2.45) is 5.92 Å². The topological polar surface area (TPSA) is 81.4 Å². The number of amides is 1. The quantitative estimate of drug-likeness (QED) is 0.594. The first-order valence-electron chi connectivity index (χ1n) is 7.18. The van der Waals surface area contributed by atoms with Gasteiger partial charge in [-0.3, -0.25) is 9.59 Å². The molecule has 0 aliphatic rings. The van der Waals surface area contributed by atoms with Gasteiger partial charge >= 0.3 is 5.97 Å². The maximum Gasteiger partial charge on any atom is 0.306 e. The van der Waals surface area contributed by atoms with Gasteiger partial charge in [0.05, 0.1) is 0 Å². The highest BCUT2D eigenvalue weighted by atomic mass is 16.5. The second kappa shape index (κ2) is 8.29. The second-order valence-electron chi connectivity index (χ2n) is 5.50. The molecule has 1 aromatic carbocycles. The molecule has 0 radical (unpaired) electrons. The van der Waals surface area contributed by atoms with E-state index in [0.717, 1.165) is 5.56 Å². The predicted octanol–water partition coefficient (Wildman–Crippen LogP) is 1.91. The van der Waals surface area contributed by atoms with E-state index in [2.05, 4.69) is 5.32 Å².